The molecule has 0 aliphatic heterocycles. The van der Waals surface area contributed by atoms with E-state index >= 15 is 0 Å². The lowest BCUT2D eigenvalue weighted by Crippen LogP contribution is -2.58. The van der Waals surface area contributed by atoms with Gasteiger partial charge in [0, 0.05) is 18.2 Å². The molecule has 0 radical (unpaired) electrons. The Balaban J connectivity index is 1.83. The van der Waals surface area contributed by atoms with Crippen LogP contribution in [0.2, 0.25) is 0 Å². The maximum absolute atomic E-state index is 12.7. The molecule has 9 heteroatoms. The number of carbonyl (C=O) groups excluding carboxylic acids is 3. The highest BCUT2D eigenvalue weighted by atomic mass is 28.4. The quantitative estimate of drug-likeness (QED) is 0.384. The fourth-order valence-electron chi connectivity index (χ4n) is 3.14. The standard InChI is InChI=1S/C24H22O8Si/c1-17(25)31-33(22-5-3-2-4-6-22,16-18-7-11-20(26)12-8-18)32-23(28)15-30-24(29)19-9-13-21(27)14-10-19/h2-14,26-27H,15-16H2,1H3. The molecule has 170 valence electrons. The Morgan fingerprint density at radius 3 is 1.94 bits per heavy atom. The SMILES string of the molecule is CC(=O)O[Si](Cc1ccc(O)cc1)(OC(=O)COC(=O)c1ccc(O)cc1)c1ccccc1. The van der Waals surface area contributed by atoms with Crippen molar-refractivity contribution in [1.29, 1.82) is 0 Å². The van der Waals surface area contributed by atoms with E-state index in [-0.39, 0.29) is 23.1 Å². The van der Waals surface area contributed by atoms with Gasteiger partial charge in [0.25, 0.3) is 5.97 Å². The molecular weight excluding hydrogens is 444 g/mol. The summed E-state index contributed by atoms with van der Waals surface area (Å²) in [6.07, 6.45) is 0. The number of ether oxygens (including phenoxy) is 1. The van der Waals surface area contributed by atoms with Gasteiger partial charge in [-0.3, -0.25) is 4.79 Å². The number of hydrogen-bond donors (Lipinski definition) is 2. The smallest absolute Gasteiger partial charge is 0.504 e. The number of benzene rings is 3. The van der Waals surface area contributed by atoms with E-state index in [2.05, 4.69) is 0 Å². The van der Waals surface area contributed by atoms with Gasteiger partial charge >= 0.3 is 20.5 Å². The van der Waals surface area contributed by atoms with E-state index < -0.39 is 33.1 Å². The van der Waals surface area contributed by atoms with Gasteiger partial charge < -0.3 is 23.8 Å². The van der Waals surface area contributed by atoms with Crippen LogP contribution in [-0.2, 0) is 29.2 Å². The number of phenols is 2. The van der Waals surface area contributed by atoms with E-state index in [4.69, 9.17) is 13.6 Å². The third-order valence-corrected chi connectivity index (χ3v) is 7.86. The molecule has 0 aliphatic rings. The van der Waals surface area contributed by atoms with E-state index in [1.54, 1.807) is 42.5 Å². The monoisotopic (exact) mass is 466 g/mol. The second-order valence-electron chi connectivity index (χ2n) is 7.15. The Morgan fingerprint density at radius 1 is 0.788 bits per heavy atom. The number of phenolic OH excluding ortho intramolecular Hbond substituents is 2. The lowest BCUT2D eigenvalue weighted by atomic mass is 10.2. The van der Waals surface area contributed by atoms with Gasteiger partial charge in [0.05, 0.1) is 5.56 Å². The van der Waals surface area contributed by atoms with Crippen LogP contribution < -0.4 is 5.19 Å². The van der Waals surface area contributed by atoms with E-state index in [0.29, 0.717) is 10.8 Å². The van der Waals surface area contributed by atoms with Crippen molar-refractivity contribution in [3.8, 4) is 11.5 Å². The third-order valence-electron chi connectivity index (χ3n) is 4.60. The molecule has 0 amide bonds. The number of esters is 1. The van der Waals surface area contributed by atoms with E-state index in [1.807, 2.05) is 0 Å². The van der Waals surface area contributed by atoms with E-state index in [0.717, 1.165) is 0 Å². The van der Waals surface area contributed by atoms with Crippen molar-refractivity contribution < 1.29 is 38.2 Å². The summed E-state index contributed by atoms with van der Waals surface area (Å²) in [5.41, 5.74) is 0.828. The van der Waals surface area contributed by atoms with Gasteiger partial charge in [-0.2, -0.15) is 0 Å². The molecule has 3 rings (SSSR count). The average molecular weight is 467 g/mol. The molecule has 1 unspecified atom stereocenters. The summed E-state index contributed by atoms with van der Waals surface area (Å²) < 4.78 is 16.4. The van der Waals surface area contributed by atoms with Crippen molar-refractivity contribution in [3.63, 3.8) is 0 Å². The van der Waals surface area contributed by atoms with Crippen molar-refractivity contribution >= 4 is 31.7 Å². The number of aromatic hydroxyl groups is 2. The molecule has 8 nitrogen and oxygen atoms in total. The van der Waals surface area contributed by atoms with Crippen molar-refractivity contribution in [1.82, 2.24) is 0 Å². The van der Waals surface area contributed by atoms with Crippen LogP contribution in [0.25, 0.3) is 0 Å². The second-order valence-corrected chi connectivity index (χ2v) is 10.00. The fraction of sp³-hybridized carbons (Fsp3) is 0.125. The molecule has 0 spiro atoms. The largest absolute Gasteiger partial charge is 0.508 e. The van der Waals surface area contributed by atoms with Gasteiger partial charge in [0.15, 0.2) is 6.61 Å². The minimum atomic E-state index is -3.72. The molecule has 0 saturated heterocycles. The van der Waals surface area contributed by atoms with Crippen molar-refractivity contribution in [2.24, 2.45) is 0 Å². The van der Waals surface area contributed by atoms with Gasteiger partial charge in [-0.1, -0.05) is 42.5 Å². The van der Waals surface area contributed by atoms with Crippen molar-refractivity contribution in [3.05, 3.63) is 90.0 Å². The van der Waals surface area contributed by atoms with Crippen LogP contribution in [0.15, 0.2) is 78.9 Å². The summed E-state index contributed by atoms with van der Waals surface area (Å²) >= 11 is 0. The minimum Gasteiger partial charge on any atom is -0.508 e. The van der Waals surface area contributed by atoms with Crippen molar-refractivity contribution in [2.45, 2.75) is 13.0 Å². The van der Waals surface area contributed by atoms with Crippen LogP contribution >= 0.6 is 0 Å². The van der Waals surface area contributed by atoms with Gasteiger partial charge in [0.2, 0.25) is 0 Å². The van der Waals surface area contributed by atoms with Crippen LogP contribution in [0.3, 0.4) is 0 Å². The predicted octanol–water partition coefficient (Wildman–Crippen LogP) is 2.49. The highest BCUT2D eigenvalue weighted by molar-refractivity contribution is 6.82. The molecule has 1 atom stereocenters. The zero-order valence-corrected chi connectivity index (χ0v) is 18.8. The molecule has 2 N–H and O–H groups in total. The third kappa shape index (κ3) is 6.44. The maximum atomic E-state index is 12.7. The van der Waals surface area contributed by atoms with Gasteiger partial charge in [-0.05, 0) is 42.0 Å². The molecule has 0 fully saturated rings. The summed E-state index contributed by atoms with van der Waals surface area (Å²) in [5.74, 6) is -2.22. The molecule has 3 aromatic rings. The van der Waals surface area contributed by atoms with Crippen LogP contribution in [0.5, 0.6) is 11.5 Å². The first kappa shape index (κ1) is 23.5. The first-order valence-electron chi connectivity index (χ1n) is 9.98. The van der Waals surface area contributed by atoms with Crippen LogP contribution in [0, 0.1) is 0 Å². The summed E-state index contributed by atoms with van der Waals surface area (Å²) in [5, 5.41) is 19.4. The zero-order chi connectivity index (χ0) is 23.8. The Hall–Kier alpha value is -4.11. The topological polar surface area (TPSA) is 119 Å². The van der Waals surface area contributed by atoms with Crippen LogP contribution in [-0.4, -0.2) is 43.3 Å². The van der Waals surface area contributed by atoms with Gasteiger partial charge in [0.1, 0.15) is 11.5 Å². The summed E-state index contributed by atoms with van der Waals surface area (Å²) in [6, 6.07) is 20.3. The molecule has 0 bridgehead atoms. The Bertz CT molecular complexity index is 1110. The lowest BCUT2D eigenvalue weighted by Gasteiger charge is -2.29. The van der Waals surface area contributed by atoms with E-state index in [9.17, 15) is 24.6 Å². The van der Waals surface area contributed by atoms with Gasteiger partial charge in [-0.15, -0.1) is 0 Å². The summed E-state index contributed by atoms with van der Waals surface area (Å²) in [4.78, 5) is 36.9. The summed E-state index contributed by atoms with van der Waals surface area (Å²) in [6.45, 7) is 0.526. The zero-order valence-electron chi connectivity index (χ0n) is 17.8. The number of hydrogen-bond acceptors (Lipinski definition) is 8. The minimum absolute atomic E-state index is 0.0137. The normalized spacial score (nSPS) is 12.3. The Kier molecular flexibility index (Phi) is 7.47. The van der Waals surface area contributed by atoms with E-state index in [1.165, 1.54) is 43.3 Å². The van der Waals surface area contributed by atoms with Gasteiger partial charge in [-0.25, -0.2) is 9.59 Å². The Labute approximate surface area is 191 Å². The molecule has 0 aromatic heterocycles. The summed E-state index contributed by atoms with van der Waals surface area (Å²) in [7, 11) is -3.72. The molecule has 33 heavy (non-hydrogen) atoms. The van der Waals surface area contributed by atoms with Crippen LogP contribution in [0.4, 0.5) is 0 Å². The fourth-order valence-corrected chi connectivity index (χ4v) is 6.13. The second kappa shape index (κ2) is 10.5. The number of carbonyl (C=O) groups is 3. The molecule has 0 saturated carbocycles. The Morgan fingerprint density at radius 2 is 1.36 bits per heavy atom. The molecule has 3 aromatic carbocycles. The lowest BCUT2D eigenvalue weighted by molar-refractivity contribution is -0.142. The molecular formula is C24H22O8Si. The molecule has 0 aliphatic carbocycles. The number of rotatable bonds is 8. The van der Waals surface area contributed by atoms with Crippen molar-refractivity contribution in [2.75, 3.05) is 6.61 Å². The predicted molar refractivity (Wildman–Crippen MR) is 120 cm³/mol. The molecule has 0 heterocycles. The van der Waals surface area contributed by atoms with Crippen LogP contribution in [0.1, 0.15) is 22.8 Å². The maximum Gasteiger partial charge on any atom is 0.504 e. The highest BCUT2D eigenvalue weighted by Gasteiger charge is 2.47. The first-order chi connectivity index (χ1) is 15.8. The first-order valence-corrected chi connectivity index (χ1v) is 12.0. The average Bonchev–Trinajstić information content (AvgIpc) is 2.79. The highest BCUT2D eigenvalue weighted by Crippen LogP contribution is 2.19.